The maximum Gasteiger partial charge on any atom is 0.141 e. The Balaban J connectivity index is 2.05. The molecule has 0 aliphatic carbocycles. The van der Waals surface area contributed by atoms with Crippen molar-refractivity contribution in [2.45, 2.75) is 39.3 Å². The molecule has 4 heteroatoms. The van der Waals surface area contributed by atoms with Crippen molar-refractivity contribution >= 4 is 0 Å². The standard InChI is InChI=1S/C16H20FN3/c1-3-12-6-5-9-18-16(12)11-20-14(4-2)15-8-7-13(17)10-19-15/h5-10,14,20H,3-4,11H2,1-2H3. The molecule has 0 bridgehead atoms. The number of hydrogen-bond donors (Lipinski definition) is 1. The molecule has 2 heterocycles. The molecule has 0 amide bonds. The normalized spacial score (nSPS) is 12.3. The molecular formula is C16H20FN3. The number of pyridine rings is 2. The van der Waals surface area contributed by atoms with Crippen LogP contribution in [0, 0.1) is 5.82 Å². The molecule has 0 aromatic carbocycles. The van der Waals surface area contributed by atoms with Gasteiger partial charge in [0.05, 0.1) is 17.6 Å². The van der Waals surface area contributed by atoms with Crippen LogP contribution in [0.4, 0.5) is 4.39 Å². The molecule has 0 radical (unpaired) electrons. The van der Waals surface area contributed by atoms with Crippen molar-refractivity contribution in [2.24, 2.45) is 0 Å². The maximum atomic E-state index is 12.9. The van der Waals surface area contributed by atoms with Crippen molar-refractivity contribution in [3.63, 3.8) is 0 Å². The van der Waals surface area contributed by atoms with Crippen LogP contribution in [0.25, 0.3) is 0 Å². The zero-order chi connectivity index (χ0) is 14.4. The van der Waals surface area contributed by atoms with Crippen molar-refractivity contribution in [3.8, 4) is 0 Å². The van der Waals surface area contributed by atoms with Gasteiger partial charge in [0.25, 0.3) is 0 Å². The van der Waals surface area contributed by atoms with E-state index in [1.807, 2.05) is 12.3 Å². The van der Waals surface area contributed by atoms with Crippen molar-refractivity contribution in [2.75, 3.05) is 0 Å². The van der Waals surface area contributed by atoms with Crippen LogP contribution < -0.4 is 5.32 Å². The predicted octanol–water partition coefficient (Wildman–Crippen LogP) is 3.42. The van der Waals surface area contributed by atoms with Gasteiger partial charge in [0.1, 0.15) is 5.82 Å². The van der Waals surface area contributed by atoms with Crippen molar-refractivity contribution in [3.05, 3.63) is 59.4 Å². The van der Waals surface area contributed by atoms with E-state index in [0.29, 0.717) is 6.54 Å². The van der Waals surface area contributed by atoms with Gasteiger partial charge in [-0.2, -0.15) is 0 Å². The van der Waals surface area contributed by atoms with Crippen LogP contribution in [-0.4, -0.2) is 9.97 Å². The molecule has 0 saturated heterocycles. The van der Waals surface area contributed by atoms with E-state index in [1.165, 1.54) is 17.8 Å². The van der Waals surface area contributed by atoms with E-state index in [2.05, 4.69) is 35.2 Å². The lowest BCUT2D eigenvalue weighted by Gasteiger charge is -2.17. The third kappa shape index (κ3) is 3.61. The highest BCUT2D eigenvalue weighted by Crippen LogP contribution is 2.15. The number of rotatable bonds is 6. The molecule has 2 aromatic rings. The molecule has 0 fully saturated rings. The van der Waals surface area contributed by atoms with E-state index in [0.717, 1.165) is 24.2 Å². The summed E-state index contributed by atoms with van der Waals surface area (Å²) in [5.41, 5.74) is 3.18. The number of aryl methyl sites for hydroxylation is 1. The second-order valence-corrected chi connectivity index (χ2v) is 4.71. The van der Waals surface area contributed by atoms with Crippen LogP contribution in [-0.2, 0) is 13.0 Å². The first-order valence-electron chi connectivity index (χ1n) is 7.02. The fourth-order valence-corrected chi connectivity index (χ4v) is 2.22. The van der Waals surface area contributed by atoms with Crippen LogP contribution in [0.1, 0.15) is 43.3 Å². The molecule has 0 saturated carbocycles. The Labute approximate surface area is 119 Å². The summed E-state index contributed by atoms with van der Waals surface area (Å²) in [4.78, 5) is 8.57. The molecule has 20 heavy (non-hydrogen) atoms. The van der Waals surface area contributed by atoms with E-state index in [-0.39, 0.29) is 11.9 Å². The van der Waals surface area contributed by atoms with Crippen molar-refractivity contribution in [1.29, 1.82) is 0 Å². The van der Waals surface area contributed by atoms with Gasteiger partial charge in [0.15, 0.2) is 0 Å². The van der Waals surface area contributed by atoms with Gasteiger partial charge in [-0.05, 0) is 36.6 Å². The Morgan fingerprint density at radius 3 is 2.70 bits per heavy atom. The first kappa shape index (κ1) is 14.6. The first-order chi connectivity index (χ1) is 9.74. The third-order valence-corrected chi connectivity index (χ3v) is 3.40. The van der Waals surface area contributed by atoms with Crippen LogP contribution >= 0.6 is 0 Å². The molecular weight excluding hydrogens is 253 g/mol. The summed E-state index contributed by atoms with van der Waals surface area (Å²) >= 11 is 0. The minimum Gasteiger partial charge on any atom is -0.303 e. The zero-order valence-electron chi connectivity index (χ0n) is 11.9. The van der Waals surface area contributed by atoms with Crippen LogP contribution in [0.15, 0.2) is 36.7 Å². The monoisotopic (exact) mass is 273 g/mol. The molecule has 3 nitrogen and oxygen atoms in total. The van der Waals surface area contributed by atoms with Crippen LogP contribution in [0.3, 0.4) is 0 Å². The van der Waals surface area contributed by atoms with Gasteiger partial charge in [0.2, 0.25) is 0 Å². The fraction of sp³-hybridized carbons (Fsp3) is 0.375. The highest BCUT2D eigenvalue weighted by Gasteiger charge is 2.11. The average Bonchev–Trinajstić information content (AvgIpc) is 2.50. The second kappa shape index (κ2) is 7.10. The second-order valence-electron chi connectivity index (χ2n) is 4.71. The summed E-state index contributed by atoms with van der Waals surface area (Å²) in [6.07, 6.45) is 4.94. The van der Waals surface area contributed by atoms with E-state index >= 15 is 0 Å². The third-order valence-electron chi connectivity index (χ3n) is 3.40. The molecule has 2 aromatic heterocycles. The zero-order valence-corrected chi connectivity index (χ0v) is 11.9. The van der Waals surface area contributed by atoms with Crippen molar-refractivity contribution in [1.82, 2.24) is 15.3 Å². The van der Waals surface area contributed by atoms with Gasteiger partial charge in [-0.1, -0.05) is 19.9 Å². The Morgan fingerprint density at radius 1 is 1.20 bits per heavy atom. The fourth-order valence-electron chi connectivity index (χ4n) is 2.22. The maximum absolute atomic E-state index is 12.9. The van der Waals surface area contributed by atoms with Gasteiger partial charge >= 0.3 is 0 Å². The summed E-state index contributed by atoms with van der Waals surface area (Å²) < 4.78 is 12.9. The molecule has 0 spiro atoms. The summed E-state index contributed by atoms with van der Waals surface area (Å²) in [5.74, 6) is -0.304. The SMILES string of the molecule is CCc1cccnc1CNC(CC)c1ccc(F)cn1. The lowest BCUT2D eigenvalue weighted by molar-refractivity contribution is 0.498. The molecule has 106 valence electrons. The molecule has 1 N–H and O–H groups in total. The summed E-state index contributed by atoms with van der Waals surface area (Å²) in [5, 5.41) is 3.45. The predicted molar refractivity (Wildman–Crippen MR) is 77.7 cm³/mol. The van der Waals surface area contributed by atoms with E-state index in [1.54, 1.807) is 6.07 Å². The van der Waals surface area contributed by atoms with Gasteiger partial charge in [0, 0.05) is 18.8 Å². The Kier molecular flexibility index (Phi) is 5.18. The van der Waals surface area contributed by atoms with Gasteiger partial charge in [-0.3, -0.25) is 9.97 Å². The minimum absolute atomic E-state index is 0.113. The molecule has 2 rings (SSSR count). The van der Waals surface area contributed by atoms with Gasteiger partial charge < -0.3 is 5.32 Å². The minimum atomic E-state index is -0.304. The topological polar surface area (TPSA) is 37.8 Å². The van der Waals surface area contributed by atoms with E-state index < -0.39 is 0 Å². The Hall–Kier alpha value is -1.81. The average molecular weight is 273 g/mol. The Bertz CT molecular complexity index is 540. The number of aromatic nitrogens is 2. The van der Waals surface area contributed by atoms with Gasteiger partial charge in [-0.25, -0.2) is 4.39 Å². The lowest BCUT2D eigenvalue weighted by atomic mass is 10.1. The summed E-state index contributed by atoms with van der Waals surface area (Å²) in [6.45, 7) is 4.91. The quantitative estimate of drug-likeness (QED) is 0.876. The molecule has 0 aliphatic heterocycles. The van der Waals surface area contributed by atoms with E-state index in [4.69, 9.17) is 0 Å². The number of halogens is 1. The van der Waals surface area contributed by atoms with Crippen LogP contribution in [0.5, 0.6) is 0 Å². The Morgan fingerprint density at radius 2 is 2.05 bits per heavy atom. The molecule has 1 atom stereocenters. The highest BCUT2D eigenvalue weighted by atomic mass is 19.1. The largest absolute Gasteiger partial charge is 0.303 e. The summed E-state index contributed by atoms with van der Waals surface area (Å²) in [6, 6.07) is 7.35. The number of hydrogen-bond acceptors (Lipinski definition) is 3. The molecule has 0 aliphatic rings. The van der Waals surface area contributed by atoms with E-state index in [9.17, 15) is 4.39 Å². The molecule has 1 unspecified atom stereocenters. The highest BCUT2D eigenvalue weighted by molar-refractivity contribution is 5.20. The number of nitrogens with zero attached hydrogens (tertiary/aromatic N) is 2. The first-order valence-corrected chi connectivity index (χ1v) is 7.02. The number of nitrogens with one attached hydrogen (secondary N) is 1. The summed E-state index contributed by atoms with van der Waals surface area (Å²) in [7, 11) is 0. The van der Waals surface area contributed by atoms with Crippen molar-refractivity contribution < 1.29 is 4.39 Å². The smallest absolute Gasteiger partial charge is 0.141 e. The van der Waals surface area contributed by atoms with Crippen LogP contribution in [0.2, 0.25) is 0 Å². The van der Waals surface area contributed by atoms with Gasteiger partial charge in [-0.15, -0.1) is 0 Å². The lowest BCUT2D eigenvalue weighted by Crippen LogP contribution is -2.22.